The summed E-state index contributed by atoms with van der Waals surface area (Å²) in [5, 5.41) is 0. The monoisotopic (exact) mass is 248 g/mol. The molecule has 1 nitrogen and oxygen atoms in total. The quantitative estimate of drug-likeness (QED) is 0.512. The van der Waals surface area contributed by atoms with Gasteiger partial charge in [0.15, 0.2) is 8.32 Å². The molecule has 0 spiro atoms. The minimum Gasteiger partial charge on any atom is -0.386 e. The minimum absolute atomic E-state index is 1.02. The van der Waals surface area contributed by atoms with E-state index >= 15 is 0 Å². The molecule has 0 aromatic carbocycles. The normalized spacial score (nSPS) is 14.6. The van der Waals surface area contributed by atoms with Crippen LogP contribution in [0.15, 0.2) is 0 Å². The van der Waals surface area contributed by atoms with Crippen LogP contribution >= 0.6 is 7.75 Å². The van der Waals surface area contributed by atoms with Crippen LogP contribution in [0.2, 0.25) is 39.3 Å². The van der Waals surface area contributed by atoms with Crippen molar-refractivity contribution in [2.75, 3.05) is 0 Å². The molecule has 4 heteroatoms. The molecule has 0 saturated carbocycles. The third kappa shape index (κ3) is 9.13. The van der Waals surface area contributed by atoms with Crippen LogP contribution in [0, 0.1) is 0 Å². The second kappa shape index (κ2) is 5.59. The van der Waals surface area contributed by atoms with Gasteiger partial charge in [-0.3, -0.25) is 0 Å². The van der Waals surface area contributed by atoms with E-state index in [1.165, 1.54) is 19.7 Å². The van der Waals surface area contributed by atoms with E-state index in [1.807, 2.05) is 0 Å². The third-order valence-electron chi connectivity index (χ3n) is 1.35. The summed E-state index contributed by atoms with van der Waals surface area (Å²) in [4.78, 5) is 0. The van der Waals surface area contributed by atoms with Gasteiger partial charge in [0.05, 0.1) is 5.48 Å². The van der Waals surface area contributed by atoms with E-state index in [4.69, 9.17) is 4.43 Å². The molecule has 0 bridgehead atoms. The maximum atomic E-state index is 6.13. The van der Waals surface area contributed by atoms with Crippen LogP contribution in [-0.4, -0.2) is 21.5 Å². The fraction of sp³-hybridized carbons (Fsp3) is 0.900. The van der Waals surface area contributed by atoms with Gasteiger partial charge < -0.3 is 4.43 Å². The van der Waals surface area contributed by atoms with Crippen LogP contribution in [-0.2, 0) is 4.43 Å². The topological polar surface area (TPSA) is 9.23 Å². The zero-order chi connectivity index (χ0) is 11.4. The van der Waals surface area contributed by atoms with Gasteiger partial charge in [-0.25, -0.2) is 0 Å². The van der Waals surface area contributed by atoms with Gasteiger partial charge in [0, 0.05) is 0 Å². The van der Waals surface area contributed by atoms with Crippen molar-refractivity contribution in [2.45, 2.75) is 59.0 Å². The zero-order valence-electron chi connectivity index (χ0n) is 10.8. The van der Waals surface area contributed by atoms with E-state index in [2.05, 4.69) is 46.2 Å². The van der Waals surface area contributed by atoms with E-state index in [0.29, 0.717) is 0 Å². The van der Waals surface area contributed by atoms with E-state index in [0.717, 1.165) is 6.42 Å². The Morgan fingerprint density at radius 1 is 1.07 bits per heavy atom. The summed E-state index contributed by atoms with van der Waals surface area (Å²) in [6, 6.07) is 0. The Morgan fingerprint density at radius 3 is 1.86 bits per heavy atom. The number of rotatable bonds is 5. The van der Waals surface area contributed by atoms with E-state index in [1.54, 1.807) is 0 Å². The Kier molecular flexibility index (Phi) is 5.82. The van der Waals surface area contributed by atoms with Crippen molar-refractivity contribution in [3.63, 3.8) is 0 Å². The average molecular weight is 248 g/mol. The summed E-state index contributed by atoms with van der Waals surface area (Å²) in [5.41, 5.74) is 1.35. The first-order valence-electron chi connectivity index (χ1n) is 5.42. The molecule has 0 aliphatic rings. The summed E-state index contributed by atoms with van der Waals surface area (Å²) in [6.45, 7) is 16.2. The molecular formula is C10H25OPSi2. The molecule has 0 aliphatic heterocycles. The van der Waals surface area contributed by atoms with Crippen LogP contribution < -0.4 is 0 Å². The predicted molar refractivity (Wildman–Crippen MR) is 74.6 cm³/mol. The maximum Gasteiger partial charge on any atom is 0.191 e. The lowest BCUT2D eigenvalue weighted by Gasteiger charge is -2.21. The van der Waals surface area contributed by atoms with Crippen molar-refractivity contribution in [1.82, 2.24) is 0 Å². The Labute approximate surface area is 93.0 Å². The molecule has 0 saturated heterocycles. The molecule has 0 unspecified atom stereocenters. The fourth-order valence-electron chi connectivity index (χ4n) is 1.07. The van der Waals surface area contributed by atoms with Crippen molar-refractivity contribution in [2.24, 2.45) is 0 Å². The predicted octanol–water partition coefficient (Wildman–Crippen LogP) is 4.55. The molecule has 0 atom stereocenters. The van der Waals surface area contributed by atoms with Crippen LogP contribution in [0.3, 0.4) is 0 Å². The van der Waals surface area contributed by atoms with Gasteiger partial charge in [0.25, 0.3) is 0 Å². The van der Waals surface area contributed by atoms with Crippen molar-refractivity contribution >= 4 is 29.3 Å². The Morgan fingerprint density at radius 2 is 1.57 bits per heavy atom. The molecule has 14 heavy (non-hydrogen) atoms. The fourth-order valence-corrected chi connectivity index (χ4v) is 6.96. The van der Waals surface area contributed by atoms with Gasteiger partial charge in [-0.1, -0.05) is 34.3 Å². The summed E-state index contributed by atoms with van der Waals surface area (Å²) < 4.78 is 6.13. The van der Waals surface area contributed by atoms with E-state index in [9.17, 15) is 0 Å². The molecule has 0 aromatic heterocycles. The molecule has 0 rings (SSSR count). The molecule has 0 fully saturated rings. The molecular weight excluding hydrogens is 223 g/mol. The van der Waals surface area contributed by atoms with Gasteiger partial charge >= 0.3 is 0 Å². The van der Waals surface area contributed by atoms with Gasteiger partial charge in [-0.05, 0) is 32.5 Å². The lowest BCUT2D eigenvalue weighted by atomic mass is 10.4. The lowest BCUT2D eigenvalue weighted by Crippen LogP contribution is -2.29. The molecule has 0 amide bonds. The molecule has 0 heterocycles. The Balaban J connectivity index is 4.53. The second-order valence-corrected chi connectivity index (χ2v) is 19.8. The number of hydrogen-bond donors (Lipinski definition) is 0. The number of hydrogen-bond acceptors (Lipinski definition) is 1. The molecule has 0 aromatic rings. The van der Waals surface area contributed by atoms with Crippen LogP contribution in [0.5, 0.6) is 0 Å². The SMILES string of the molecule is CCCC(O[Si](C)(C)C)=P[Si](C)(C)C. The third-order valence-corrected chi connectivity index (χ3v) is 6.37. The van der Waals surface area contributed by atoms with Crippen LogP contribution in [0.25, 0.3) is 0 Å². The summed E-state index contributed by atoms with van der Waals surface area (Å²) in [6.07, 6.45) is 2.35. The highest BCUT2D eigenvalue weighted by Crippen LogP contribution is 2.23. The summed E-state index contributed by atoms with van der Waals surface area (Å²) in [7, 11) is -0.903. The zero-order valence-corrected chi connectivity index (χ0v) is 13.7. The van der Waals surface area contributed by atoms with Crippen molar-refractivity contribution in [3.8, 4) is 0 Å². The van der Waals surface area contributed by atoms with Gasteiger partial charge in [0.1, 0.15) is 7.74 Å². The van der Waals surface area contributed by atoms with Gasteiger partial charge in [-0.2, -0.15) is 0 Å². The second-order valence-electron chi connectivity index (χ2n) is 5.64. The van der Waals surface area contributed by atoms with E-state index in [-0.39, 0.29) is 0 Å². The first-order valence-corrected chi connectivity index (χ1v) is 14.1. The first-order chi connectivity index (χ1) is 6.14. The average Bonchev–Trinajstić information content (AvgIpc) is 1.78. The Bertz CT molecular complexity index is 201. The smallest absolute Gasteiger partial charge is 0.191 e. The van der Waals surface area contributed by atoms with Gasteiger partial charge in [0.2, 0.25) is 0 Å². The van der Waals surface area contributed by atoms with Crippen molar-refractivity contribution in [1.29, 1.82) is 0 Å². The van der Waals surface area contributed by atoms with Gasteiger partial charge in [-0.15, -0.1) is 0 Å². The standard InChI is InChI=1S/C10H25OPSi2/c1-8-9-10(11-13(2,3)4)12-14(5,6)7/h8-9H2,1-7H3. The van der Waals surface area contributed by atoms with Crippen molar-refractivity contribution in [3.05, 3.63) is 0 Å². The van der Waals surface area contributed by atoms with Crippen LogP contribution in [0.1, 0.15) is 19.8 Å². The highest BCUT2D eigenvalue weighted by molar-refractivity contribution is 7.81. The molecule has 0 aliphatic carbocycles. The maximum absolute atomic E-state index is 6.13. The van der Waals surface area contributed by atoms with Crippen LogP contribution in [0.4, 0.5) is 0 Å². The highest BCUT2D eigenvalue weighted by Gasteiger charge is 2.19. The molecule has 84 valence electrons. The molecule has 0 radical (unpaired) electrons. The Hall–Kier alpha value is 0.564. The molecule has 0 N–H and O–H groups in total. The first kappa shape index (κ1) is 14.6. The largest absolute Gasteiger partial charge is 0.386 e. The highest BCUT2D eigenvalue weighted by atomic mass is 31.3. The van der Waals surface area contributed by atoms with E-state index < -0.39 is 16.1 Å². The lowest BCUT2D eigenvalue weighted by molar-refractivity contribution is 0.545. The minimum atomic E-state index is -1.38. The summed E-state index contributed by atoms with van der Waals surface area (Å²) >= 11 is 0. The summed E-state index contributed by atoms with van der Waals surface area (Å²) in [5.74, 6) is 0. The van der Waals surface area contributed by atoms with Crippen molar-refractivity contribution < 1.29 is 4.43 Å².